The van der Waals surface area contributed by atoms with Crippen molar-refractivity contribution in [2.75, 3.05) is 13.2 Å². The predicted molar refractivity (Wildman–Crippen MR) is 68.8 cm³/mol. The molecule has 0 aromatic rings. The fraction of sp³-hybridized carbons (Fsp3) is 0.538. The summed E-state index contributed by atoms with van der Waals surface area (Å²) in [4.78, 5) is 0. The van der Waals surface area contributed by atoms with Crippen molar-refractivity contribution in [2.45, 2.75) is 33.6 Å². The van der Waals surface area contributed by atoms with Crippen LogP contribution in [0.2, 0.25) is 0 Å². The van der Waals surface area contributed by atoms with E-state index in [2.05, 4.69) is 6.58 Å². The fourth-order valence-electron chi connectivity index (χ4n) is 1.02. The van der Waals surface area contributed by atoms with Crippen LogP contribution < -0.4 is 5.73 Å². The van der Waals surface area contributed by atoms with Crippen molar-refractivity contribution >= 4 is 0 Å². The van der Waals surface area contributed by atoms with Crippen molar-refractivity contribution in [3.63, 3.8) is 0 Å². The number of hydrogen-bond acceptors (Lipinski definition) is 2. The Morgan fingerprint density at radius 2 is 1.93 bits per heavy atom. The Morgan fingerprint density at radius 1 is 1.33 bits per heavy atom. The Bertz CT molecular complexity index is 205. The molecule has 2 nitrogen and oxygen atoms in total. The molecule has 0 fully saturated rings. The van der Waals surface area contributed by atoms with Gasteiger partial charge in [-0.3, -0.25) is 0 Å². The van der Waals surface area contributed by atoms with Crippen LogP contribution in [0.3, 0.4) is 0 Å². The molecule has 0 rings (SSSR count). The summed E-state index contributed by atoms with van der Waals surface area (Å²) in [5, 5.41) is 8.67. The molecule has 88 valence electrons. The molecule has 3 N–H and O–H groups in total. The minimum Gasteiger partial charge on any atom is -0.396 e. The van der Waals surface area contributed by atoms with E-state index in [9.17, 15) is 0 Å². The number of nitrogens with two attached hydrogens (primary N) is 1. The SMILES string of the molecule is C=C/C(=C\C(=C/C)CCCO)CN.CC. The lowest BCUT2D eigenvalue weighted by Gasteiger charge is -2.02. The average Bonchev–Trinajstić information content (AvgIpc) is 2.32. The highest BCUT2D eigenvalue weighted by Gasteiger charge is 1.93. The molecule has 0 bridgehead atoms. The van der Waals surface area contributed by atoms with Crippen LogP contribution in [0.4, 0.5) is 0 Å². The third-order valence-corrected chi connectivity index (χ3v) is 1.86. The van der Waals surface area contributed by atoms with E-state index in [0.29, 0.717) is 6.54 Å². The lowest BCUT2D eigenvalue weighted by atomic mass is 10.1. The Hall–Kier alpha value is -0.860. The van der Waals surface area contributed by atoms with Crippen LogP contribution in [0.15, 0.2) is 36.0 Å². The largest absolute Gasteiger partial charge is 0.396 e. The highest BCUT2D eigenvalue weighted by molar-refractivity contribution is 5.29. The van der Waals surface area contributed by atoms with Gasteiger partial charge in [0.05, 0.1) is 0 Å². The number of rotatable bonds is 6. The minimum absolute atomic E-state index is 0.233. The van der Waals surface area contributed by atoms with Gasteiger partial charge >= 0.3 is 0 Å². The van der Waals surface area contributed by atoms with E-state index in [1.54, 1.807) is 6.08 Å². The van der Waals surface area contributed by atoms with Gasteiger partial charge in [-0.1, -0.05) is 44.2 Å². The number of allylic oxidation sites excluding steroid dienone is 3. The van der Waals surface area contributed by atoms with Gasteiger partial charge in [0.25, 0.3) is 0 Å². The monoisotopic (exact) mass is 211 g/mol. The van der Waals surface area contributed by atoms with Gasteiger partial charge < -0.3 is 10.8 Å². The summed E-state index contributed by atoms with van der Waals surface area (Å²) in [5.74, 6) is 0. The number of aliphatic hydroxyl groups is 1. The van der Waals surface area contributed by atoms with Crippen LogP contribution in [-0.2, 0) is 0 Å². The van der Waals surface area contributed by atoms with Crippen LogP contribution in [0, 0.1) is 0 Å². The summed E-state index contributed by atoms with van der Waals surface area (Å²) in [6, 6.07) is 0. The molecule has 0 saturated heterocycles. The molecule has 0 aliphatic carbocycles. The summed E-state index contributed by atoms with van der Waals surface area (Å²) in [7, 11) is 0. The molecule has 0 aromatic carbocycles. The van der Waals surface area contributed by atoms with E-state index in [1.165, 1.54) is 5.57 Å². The van der Waals surface area contributed by atoms with Gasteiger partial charge in [-0.2, -0.15) is 0 Å². The molecule has 2 heteroatoms. The smallest absolute Gasteiger partial charge is 0.0434 e. The zero-order chi connectivity index (χ0) is 12.1. The lowest BCUT2D eigenvalue weighted by Crippen LogP contribution is -2.01. The first kappa shape index (κ1) is 16.6. The highest BCUT2D eigenvalue weighted by atomic mass is 16.2. The zero-order valence-corrected chi connectivity index (χ0v) is 10.3. The van der Waals surface area contributed by atoms with Crippen LogP contribution in [0.1, 0.15) is 33.6 Å². The molecule has 0 heterocycles. The number of hydrogen-bond donors (Lipinski definition) is 2. The van der Waals surface area contributed by atoms with Gasteiger partial charge in [0, 0.05) is 13.2 Å². The molecule has 0 spiro atoms. The van der Waals surface area contributed by atoms with Crippen molar-refractivity contribution in [3.05, 3.63) is 36.0 Å². The molecule has 0 unspecified atom stereocenters. The maximum atomic E-state index is 8.67. The van der Waals surface area contributed by atoms with Gasteiger partial charge in [-0.15, -0.1) is 0 Å². The van der Waals surface area contributed by atoms with Crippen molar-refractivity contribution in [1.82, 2.24) is 0 Å². The molecule has 0 aliphatic heterocycles. The van der Waals surface area contributed by atoms with Gasteiger partial charge in [-0.05, 0) is 25.3 Å². The quantitative estimate of drug-likeness (QED) is 0.664. The van der Waals surface area contributed by atoms with Crippen LogP contribution in [0.5, 0.6) is 0 Å². The molecule has 0 aromatic heterocycles. The standard InChI is InChI=1S/C11H19NO.C2H6/c1-3-10(6-5-7-13)8-11(4-2)9-12;1-2/h3-4,8,13H,2,5-7,9,12H2,1H3;1-2H3/b10-3-,11-8+;. The lowest BCUT2D eigenvalue weighted by molar-refractivity contribution is 0.289. The van der Waals surface area contributed by atoms with Crippen LogP contribution in [-0.4, -0.2) is 18.3 Å². The fourth-order valence-corrected chi connectivity index (χ4v) is 1.02. The van der Waals surface area contributed by atoms with E-state index < -0.39 is 0 Å². The summed E-state index contributed by atoms with van der Waals surface area (Å²) in [6.45, 7) is 10.4. The average molecular weight is 211 g/mol. The predicted octanol–water partition coefficient (Wildman–Crippen LogP) is 2.80. The van der Waals surface area contributed by atoms with E-state index in [1.807, 2.05) is 32.9 Å². The number of aliphatic hydroxyl groups excluding tert-OH is 1. The molecule has 0 amide bonds. The maximum absolute atomic E-state index is 8.67. The van der Waals surface area contributed by atoms with Crippen LogP contribution in [0.25, 0.3) is 0 Å². The summed E-state index contributed by atoms with van der Waals surface area (Å²) >= 11 is 0. The first-order valence-electron chi connectivity index (χ1n) is 5.57. The van der Waals surface area contributed by atoms with Crippen molar-refractivity contribution in [3.8, 4) is 0 Å². The normalized spacial score (nSPS) is 11.8. The summed E-state index contributed by atoms with van der Waals surface area (Å²) in [6.07, 6.45) is 7.52. The van der Waals surface area contributed by atoms with Crippen molar-refractivity contribution < 1.29 is 5.11 Å². The van der Waals surface area contributed by atoms with Gasteiger partial charge in [0.2, 0.25) is 0 Å². The van der Waals surface area contributed by atoms with E-state index in [0.717, 1.165) is 18.4 Å². The third-order valence-electron chi connectivity index (χ3n) is 1.86. The van der Waals surface area contributed by atoms with Crippen molar-refractivity contribution in [1.29, 1.82) is 0 Å². The zero-order valence-electron chi connectivity index (χ0n) is 10.3. The van der Waals surface area contributed by atoms with Crippen molar-refractivity contribution in [2.24, 2.45) is 5.73 Å². The first-order chi connectivity index (χ1) is 7.28. The molecule has 0 atom stereocenters. The molecule has 0 saturated carbocycles. The summed E-state index contributed by atoms with van der Waals surface area (Å²) < 4.78 is 0. The van der Waals surface area contributed by atoms with E-state index >= 15 is 0 Å². The molecule has 0 aliphatic rings. The minimum atomic E-state index is 0.233. The first-order valence-corrected chi connectivity index (χ1v) is 5.57. The Kier molecular flexibility index (Phi) is 14.5. The Balaban J connectivity index is 0. The Morgan fingerprint density at radius 3 is 2.27 bits per heavy atom. The van der Waals surface area contributed by atoms with E-state index in [-0.39, 0.29) is 6.61 Å². The van der Waals surface area contributed by atoms with Gasteiger partial charge in [0.15, 0.2) is 0 Å². The molecule has 0 radical (unpaired) electrons. The Labute approximate surface area is 94.2 Å². The van der Waals surface area contributed by atoms with Gasteiger partial charge in [0.1, 0.15) is 0 Å². The highest BCUT2D eigenvalue weighted by Crippen LogP contribution is 2.09. The topological polar surface area (TPSA) is 46.2 Å². The van der Waals surface area contributed by atoms with Gasteiger partial charge in [-0.25, -0.2) is 0 Å². The second-order valence-electron chi connectivity index (χ2n) is 2.82. The third kappa shape index (κ3) is 9.44. The molecule has 15 heavy (non-hydrogen) atoms. The van der Waals surface area contributed by atoms with E-state index in [4.69, 9.17) is 10.8 Å². The maximum Gasteiger partial charge on any atom is 0.0434 e. The van der Waals surface area contributed by atoms with Crippen LogP contribution >= 0.6 is 0 Å². The second kappa shape index (κ2) is 13.1. The second-order valence-corrected chi connectivity index (χ2v) is 2.82. The molecular weight excluding hydrogens is 186 g/mol. The summed E-state index contributed by atoms with van der Waals surface area (Å²) in [5.41, 5.74) is 7.74. The molecular formula is C13H25NO.